The Morgan fingerprint density at radius 1 is 0.302 bits per heavy atom. The van der Waals surface area contributed by atoms with Crippen LogP contribution in [0.3, 0.4) is 0 Å². The van der Waals surface area contributed by atoms with Gasteiger partial charge in [0.15, 0.2) is 12.2 Å². The van der Waals surface area contributed by atoms with Gasteiger partial charge in [0, 0.05) is 25.7 Å². The molecule has 0 aliphatic carbocycles. The minimum atomic E-state index is -4.96. The Kier molecular flexibility index (Phi) is 67.4. The molecule has 0 amide bonds. The maximum Gasteiger partial charge on any atom is 0.472 e. The first kappa shape index (κ1) is 94.1. The molecule has 0 radical (unpaired) electrons. The van der Waals surface area contributed by atoms with Crippen molar-refractivity contribution in [2.75, 3.05) is 39.6 Å². The molecule has 0 rings (SSSR count). The molecule has 0 aromatic heterocycles. The topological polar surface area (TPSA) is 237 Å². The van der Waals surface area contributed by atoms with Gasteiger partial charge in [-0.2, -0.15) is 0 Å². The molecule has 0 fully saturated rings. The van der Waals surface area contributed by atoms with Crippen molar-refractivity contribution in [3.8, 4) is 0 Å². The molecule has 0 saturated heterocycles. The number of phosphoric acid groups is 2. The summed E-state index contributed by atoms with van der Waals surface area (Å²) in [4.78, 5) is 72.8. The number of aliphatic hydroxyl groups is 1. The molecule has 0 heterocycles. The molecule has 0 aliphatic heterocycles. The summed E-state index contributed by atoms with van der Waals surface area (Å²) in [6.45, 7) is 9.54. The largest absolute Gasteiger partial charge is 0.472 e. The van der Waals surface area contributed by atoms with E-state index in [0.717, 1.165) is 102 Å². The van der Waals surface area contributed by atoms with E-state index in [1.165, 1.54) is 212 Å². The third-order valence-electron chi connectivity index (χ3n) is 18.3. The van der Waals surface area contributed by atoms with Crippen molar-refractivity contribution in [3.63, 3.8) is 0 Å². The monoisotopic (exact) mass is 1410 g/mol. The van der Waals surface area contributed by atoms with Crippen LogP contribution in [0, 0.1) is 11.8 Å². The molecule has 19 heteroatoms. The van der Waals surface area contributed by atoms with Gasteiger partial charge in [0.2, 0.25) is 0 Å². The lowest BCUT2D eigenvalue weighted by Gasteiger charge is -2.21. The van der Waals surface area contributed by atoms with Crippen LogP contribution in [0.25, 0.3) is 0 Å². The Bertz CT molecular complexity index is 1860. The molecule has 0 bridgehead atoms. The second kappa shape index (κ2) is 68.8. The highest BCUT2D eigenvalue weighted by Gasteiger charge is 2.30. The summed E-state index contributed by atoms with van der Waals surface area (Å²) in [6.07, 6.45) is 57.0. The maximum absolute atomic E-state index is 13.1. The highest BCUT2D eigenvalue weighted by atomic mass is 31.2. The molecule has 3 N–H and O–H groups in total. The molecule has 570 valence electrons. The normalized spacial score (nSPS) is 14.3. The lowest BCUT2D eigenvalue weighted by Crippen LogP contribution is -2.30. The standard InChI is InChI=1S/C77H150O17P2/c1-7-10-12-14-16-18-20-22-23-24-25-26-27-28-29-31-33-35-42-49-55-61-76(81)93-72(65-87-74(79)59-53-47-41-34-32-30-21-19-17-15-13-11-8-2)67-91-95(83,84)89-63-71(78)64-90-96(85,86)92-68-73(66-88-75(80)60-54-48-44-38-39-45-51-57-69(4)5)94-77(82)62-56-50-43-37-36-40-46-52-58-70(6)9-3/h69-73,78H,7-68H2,1-6H3,(H,83,84)(H,85,86)/t70?,71-,72-,73-/m1/s1. The number of rotatable bonds is 76. The molecule has 17 nitrogen and oxygen atoms in total. The summed E-state index contributed by atoms with van der Waals surface area (Å²) < 4.78 is 68.5. The first-order valence-electron chi connectivity index (χ1n) is 40.0. The fourth-order valence-electron chi connectivity index (χ4n) is 11.8. The Balaban J connectivity index is 5.20. The number of esters is 4. The number of aliphatic hydroxyl groups excluding tert-OH is 1. The highest BCUT2D eigenvalue weighted by Crippen LogP contribution is 2.45. The maximum atomic E-state index is 13.1. The minimum Gasteiger partial charge on any atom is -0.462 e. The number of phosphoric ester groups is 2. The van der Waals surface area contributed by atoms with Crippen molar-refractivity contribution >= 4 is 39.5 Å². The summed E-state index contributed by atoms with van der Waals surface area (Å²) in [5, 5.41) is 10.6. The predicted octanol–water partition coefficient (Wildman–Crippen LogP) is 22.7. The van der Waals surface area contributed by atoms with Crippen LogP contribution in [0.4, 0.5) is 0 Å². The van der Waals surface area contributed by atoms with Gasteiger partial charge in [0.05, 0.1) is 26.4 Å². The predicted molar refractivity (Wildman–Crippen MR) is 391 cm³/mol. The van der Waals surface area contributed by atoms with Crippen molar-refractivity contribution < 1.29 is 80.2 Å². The van der Waals surface area contributed by atoms with Crippen molar-refractivity contribution in [1.29, 1.82) is 0 Å². The van der Waals surface area contributed by atoms with Gasteiger partial charge < -0.3 is 33.8 Å². The van der Waals surface area contributed by atoms with Crippen LogP contribution < -0.4 is 0 Å². The van der Waals surface area contributed by atoms with Crippen LogP contribution in [-0.2, 0) is 65.4 Å². The number of hydrogen-bond acceptors (Lipinski definition) is 15. The third-order valence-corrected chi connectivity index (χ3v) is 20.2. The molecule has 3 unspecified atom stereocenters. The summed E-state index contributed by atoms with van der Waals surface area (Å²) >= 11 is 0. The Morgan fingerprint density at radius 2 is 0.531 bits per heavy atom. The van der Waals surface area contributed by atoms with Crippen LogP contribution >= 0.6 is 15.6 Å². The van der Waals surface area contributed by atoms with Gasteiger partial charge in [0.25, 0.3) is 0 Å². The van der Waals surface area contributed by atoms with Crippen LogP contribution in [-0.4, -0.2) is 96.7 Å². The second-order valence-corrected chi connectivity index (χ2v) is 31.4. The van der Waals surface area contributed by atoms with Gasteiger partial charge in [-0.05, 0) is 37.5 Å². The van der Waals surface area contributed by atoms with Gasteiger partial charge in [0.1, 0.15) is 19.3 Å². The quantitative estimate of drug-likeness (QED) is 0.0222. The zero-order chi connectivity index (χ0) is 70.7. The molecular formula is C77H150O17P2. The first-order chi connectivity index (χ1) is 46.4. The van der Waals surface area contributed by atoms with E-state index in [2.05, 4.69) is 41.5 Å². The van der Waals surface area contributed by atoms with E-state index in [4.69, 9.17) is 37.0 Å². The van der Waals surface area contributed by atoms with E-state index in [1.807, 2.05) is 0 Å². The van der Waals surface area contributed by atoms with Crippen molar-refractivity contribution in [1.82, 2.24) is 0 Å². The lowest BCUT2D eigenvalue weighted by molar-refractivity contribution is -0.161. The molecule has 0 saturated carbocycles. The molecule has 0 aliphatic rings. The van der Waals surface area contributed by atoms with E-state index in [0.29, 0.717) is 31.6 Å². The fraction of sp³-hybridized carbons (Fsp3) is 0.948. The number of carbonyl (C=O) groups is 4. The van der Waals surface area contributed by atoms with Gasteiger partial charge in [-0.1, -0.05) is 350 Å². The molecule has 0 spiro atoms. The molecule has 6 atom stereocenters. The zero-order valence-corrected chi connectivity index (χ0v) is 64.5. The summed E-state index contributed by atoms with van der Waals surface area (Å²) in [6, 6.07) is 0. The van der Waals surface area contributed by atoms with E-state index in [-0.39, 0.29) is 25.7 Å². The average Bonchev–Trinajstić information content (AvgIpc) is 2.07. The summed E-state index contributed by atoms with van der Waals surface area (Å²) in [5.74, 6) is -0.643. The van der Waals surface area contributed by atoms with E-state index in [1.54, 1.807) is 0 Å². The number of carbonyl (C=O) groups excluding carboxylic acids is 4. The Hall–Kier alpha value is -1.94. The minimum absolute atomic E-state index is 0.104. The molecule has 0 aromatic rings. The van der Waals surface area contributed by atoms with Crippen LogP contribution in [0.15, 0.2) is 0 Å². The SMILES string of the molecule is CCCCCCCCCCCCCCCCCCCCCCCC(=O)O[C@H](COC(=O)CCCCCCCCCCCCCCC)COP(=O)(O)OC[C@@H](O)COP(=O)(O)OC[C@@H](COC(=O)CCCCCCCCCC(C)C)OC(=O)CCCCCCCCCCC(C)CC. The smallest absolute Gasteiger partial charge is 0.462 e. The number of ether oxygens (including phenoxy) is 4. The van der Waals surface area contributed by atoms with Crippen LogP contribution in [0.5, 0.6) is 0 Å². The van der Waals surface area contributed by atoms with Gasteiger partial charge in [-0.15, -0.1) is 0 Å². The van der Waals surface area contributed by atoms with E-state index < -0.39 is 97.5 Å². The second-order valence-electron chi connectivity index (χ2n) is 28.5. The molecule has 96 heavy (non-hydrogen) atoms. The van der Waals surface area contributed by atoms with Crippen molar-refractivity contribution in [3.05, 3.63) is 0 Å². The Morgan fingerprint density at radius 3 is 0.792 bits per heavy atom. The summed E-state index contributed by atoms with van der Waals surface area (Å²) in [7, 11) is -9.91. The lowest BCUT2D eigenvalue weighted by atomic mass is 9.99. The molecular weight excluding hydrogens is 1260 g/mol. The fourth-order valence-corrected chi connectivity index (χ4v) is 13.4. The van der Waals surface area contributed by atoms with Crippen LogP contribution in [0.1, 0.15) is 401 Å². The number of unbranched alkanes of at least 4 members (excludes halogenated alkanes) is 45. The van der Waals surface area contributed by atoms with Gasteiger partial charge >= 0.3 is 39.5 Å². The molecule has 0 aromatic carbocycles. The van der Waals surface area contributed by atoms with Crippen molar-refractivity contribution in [2.24, 2.45) is 11.8 Å². The van der Waals surface area contributed by atoms with Crippen LogP contribution in [0.2, 0.25) is 0 Å². The zero-order valence-electron chi connectivity index (χ0n) is 62.7. The van der Waals surface area contributed by atoms with E-state index in [9.17, 15) is 43.2 Å². The third kappa shape index (κ3) is 69.2. The van der Waals surface area contributed by atoms with Crippen molar-refractivity contribution in [2.45, 2.75) is 419 Å². The van der Waals surface area contributed by atoms with Gasteiger partial charge in [-0.25, -0.2) is 9.13 Å². The average molecular weight is 1410 g/mol. The Labute approximate surface area is 588 Å². The van der Waals surface area contributed by atoms with Gasteiger partial charge in [-0.3, -0.25) is 37.3 Å². The highest BCUT2D eigenvalue weighted by molar-refractivity contribution is 7.47. The number of hydrogen-bond donors (Lipinski definition) is 3. The summed E-state index contributed by atoms with van der Waals surface area (Å²) in [5.41, 5.74) is 0. The van der Waals surface area contributed by atoms with E-state index >= 15 is 0 Å². The first-order valence-corrected chi connectivity index (χ1v) is 43.0.